The lowest BCUT2D eigenvalue weighted by Gasteiger charge is -2.36. The number of carbonyl (C=O) groups excluding carboxylic acids is 1. The number of nitrogens with one attached hydrogen (secondary N) is 1. The molecule has 20 heavy (non-hydrogen) atoms. The Hall–Kier alpha value is -1.20. The molecule has 4 nitrogen and oxygen atoms in total. The third-order valence-corrected chi connectivity index (χ3v) is 4.57. The van der Waals surface area contributed by atoms with Gasteiger partial charge in [0.15, 0.2) is 0 Å². The van der Waals surface area contributed by atoms with Crippen molar-refractivity contribution in [3.8, 4) is 0 Å². The Kier molecular flexibility index (Phi) is 4.30. The van der Waals surface area contributed by atoms with Gasteiger partial charge in [0, 0.05) is 18.8 Å². The lowest BCUT2D eigenvalue weighted by molar-refractivity contribution is -0.150. The van der Waals surface area contributed by atoms with Gasteiger partial charge in [-0.2, -0.15) is 0 Å². The average Bonchev–Trinajstić information content (AvgIpc) is 2.39. The fraction of sp³-hybridized carbons (Fsp3) is 0.857. The van der Waals surface area contributed by atoms with Crippen LogP contribution in [0, 0.1) is 5.92 Å². The summed E-state index contributed by atoms with van der Waals surface area (Å²) >= 11 is 0. The van der Waals surface area contributed by atoms with Crippen molar-refractivity contribution in [2.75, 3.05) is 0 Å². The molecule has 0 aromatic carbocycles. The minimum absolute atomic E-state index is 0.133. The molecule has 0 aromatic rings. The van der Waals surface area contributed by atoms with Gasteiger partial charge in [0.1, 0.15) is 5.54 Å². The van der Waals surface area contributed by atoms with Crippen molar-refractivity contribution in [2.24, 2.45) is 5.92 Å². The number of carbonyl (C=O) groups is 2. The number of halogens is 2. The van der Waals surface area contributed by atoms with Crippen molar-refractivity contribution in [3.05, 3.63) is 0 Å². The van der Waals surface area contributed by atoms with Crippen LogP contribution in [-0.2, 0) is 9.59 Å². The number of rotatable bonds is 3. The van der Waals surface area contributed by atoms with Crippen LogP contribution in [0.2, 0.25) is 0 Å². The summed E-state index contributed by atoms with van der Waals surface area (Å²) in [5.41, 5.74) is -1.19. The largest absolute Gasteiger partial charge is 0.480 e. The highest BCUT2D eigenvalue weighted by Crippen LogP contribution is 2.37. The molecule has 0 aromatic heterocycles. The molecule has 6 heteroatoms. The second-order valence-corrected chi connectivity index (χ2v) is 6.07. The van der Waals surface area contributed by atoms with Crippen molar-refractivity contribution in [3.63, 3.8) is 0 Å². The Bertz CT molecular complexity index is 382. The van der Waals surface area contributed by atoms with Crippen LogP contribution < -0.4 is 5.32 Å². The van der Waals surface area contributed by atoms with E-state index in [1.165, 1.54) is 0 Å². The fourth-order valence-corrected chi connectivity index (χ4v) is 3.19. The van der Waals surface area contributed by atoms with Gasteiger partial charge in [-0.05, 0) is 25.7 Å². The zero-order valence-corrected chi connectivity index (χ0v) is 11.5. The fourth-order valence-electron chi connectivity index (χ4n) is 3.19. The summed E-state index contributed by atoms with van der Waals surface area (Å²) in [6.45, 7) is 0. The minimum Gasteiger partial charge on any atom is -0.480 e. The lowest BCUT2D eigenvalue weighted by Crippen LogP contribution is -2.57. The second-order valence-electron chi connectivity index (χ2n) is 6.07. The second kappa shape index (κ2) is 5.66. The maximum absolute atomic E-state index is 13.1. The molecule has 0 aliphatic heterocycles. The average molecular weight is 289 g/mol. The summed E-state index contributed by atoms with van der Waals surface area (Å²) in [5.74, 6) is -4.53. The quantitative estimate of drug-likeness (QED) is 0.839. The molecule has 0 spiro atoms. The van der Waals surface area contributed by atoms with Crippen molar-refractivity contribution in [1.29, 1.82) is 0 Å². The van der Waals surface area contributed by atoms with E-state index in [0.29, 0.717) is 12.8 Å². The van der Waals surface area contributed by atoms with Crippen molar-refractivity contribution >= 4 is 11.9 Å². The number of hydrogen-bond donors (Lipinski definition) is 2. The number of carboxylic acid groups (broad SMARTS) is 1. The van der Waals surface area contributed by atoms with Crippen molar-refractivity contribution < 1.29 is 23.5 Å². The van der Waals surface area contributed by atoms with Crippen LogP contribution in [0.3, 0.4) is 0 Å². The van der Waals surface area contributed by atoms with Gasteiger partial charge in [0.25, 0.3) is 0 Å². The lowest BCUT2D eigenvalue weighted by atomic mass is 9.80. The maximum atomic E-state index is 13.1. The molecule has 0 heterocycles. The number of amides is 1. The molecule has 2 fully saturated rings. The van der Waals surface area contributed by atoms with E-state index >= 15 is 0 Å². The number of carboxylic acids is 1. The van der Waals surface area contributed by atoms with Crippen LogP contribution in [0.25, 0.3) is 0 Å². The summed E-state index contributed by atoms with van der Waals surface area (Å²) in [7, 11) is 0. The maximum Gasteiger partial charge on any atom is 0.329 e. The first-order chi connectivity index (χ1) is 9.35. The number of hydrogen-bond acceptors (Lipinski definition) is 2. The van der Waals surface area contributed by atoms with Crippen molar-refractivity contribution in [1.82, 2.24) is 5.32 Å². The highest BCUT2D eigenvalue weighted by molar-refractivity contribution is 5.88. The topological polar surface area (TPSA) is 66.4 Å². The summed E-state index contributed by atoms with van der Waals surface area (Å²) in [6.07, 6.45) is 3.07. The standard InChI is InChI=1S/C14H21F2NO3/c15-14(16)8-4-10(5-9-14)11(18)17-13(12(19)20)6-2-1-3-7-13/h10H,1-9H2,(H,17,18)(H,19,20). The highest BCUT2D eigenvalue weighted by atomic mass is 19.3. The Morgan fingerprint density at radius 1 is 1.00 bits per heavy atom. The number of aliphatic carboxylic acids is 1. The molecule has 114 valence electrons. The molecule has 0 atom stereocenters. The monoisotopic (exact) mass is 289 g/mol. The minimum atomic E-state index is -2.67. The zero-order chi connectivity index (χ0) is 14.8. The Balaban J connectivity index is 1.97. The van der Waals surface area contributed by atoms with Crippen LogP contribution in [0.15, 0.2) is 0 Å². The van der Waals surface area contributed by atoms with Gasteiger partial charge in [0.05, 0.1) is 0 Å². The zero-order valence-electron chi connectivity index (χ0n) is 11.5. The molecule has 2 N–H and O–H groups in total. The van der Waals surface area contributed by atoms with Crippen LogP contribution in [-0.4, -0.2) is 28.4 Å². The summed E-state index contributed by atoms with van der Waals surface area (Å²) in [6, 6.07) is 0. The van der Waals surface area contributed by atoms with Gasteiger partial charge in [-0.25, -0.2) is 13.6 Å². The third kappa shape index (κ3) is 3.27. The molecular formula is C14H21F2NO3. The summed E-state index contributed by atoms with van der Waals surface area (Å²) in [5, 5.41) is 12.0. The summed E-state index contributed by atoms with van der Waals surface area (Å²) in [4.78, 5) is 23.6. The molecule has 2 aliphatic rings. The summed E-state index contributed by atoms with van der Waals surface area (Å²) < 4.78 is 26.2. The molecular weight excluding hydrogens is 268 g/mol. The highest BCUT2D eigenvalue weighted by Gasteiger charge is 2.44. The van der Waals surface area contributed by atoms with Crippen LogP contribution in [0.4, 0.5) is 8.78 Å². The molecule has 1 amide bonds. The molecule has 0 unspecified atom stereocenters. The van der Waals surface area contributed by atoms with Gasteiger partial charge in [-0.3, -0.25) is 4.79 Å². The van der Waals surface area contributed by atoms with Gasteiger partial charge >= 0.3 is 5.97 Å². The first kappa shape index (κ1) is 15.2. The van der Waals surface area contributed by atoms with Gasteiger partial charge < -0.3 is 10.4 Å². The van der Waals surface area contributed by atoms with E-state index in [0.717, 1.165) is 19.3 Å². The van der Waals surface area contributed by atoms with Crippen LogP contribution in [0.1, 0.15) is 57.8 Å². The van der Waals surface area contributed by atoms with E-state index in [2.05, 4.69) is 5.32 Å². The predicted octanol–water partition coefficient (Wildman–Crippen LogP) is 2.72. The van der Waals surface area contributed by atoms with E-state index in [4.69, 9.17) is 0 Å². The van der Waals surface area contributed by atoms with Gasteiger partial charge in [-0.1, -0.05) is 19.3 Å². The van der Waals surface area contributed by atoms with E-state index in [9.17, 15) is 23.5 Å². The van der Waals surface area contributed by atoms with Crippen LogP contribution >= 0.6 is 0 Å². The SMILES string of the molecule is O=C(NC1(C(=O)O)CCCCC1)C1CCC(F)(F)CC1. The molecule has 0 radical (unpaired) electrons. The number of alkyl halides is 2. The molecule has 2 rings (SSSR count). The first-order valence-electron chi connectivity index (χ1n) is 7.28. The molecule has 0 saturated heterocycles. The van der Waals surface area contributed by atoms with E-state index in [1.807, 2.05) is 0 Å². The Morgan fingerprint density at radius 3 is 2.05 bits per heavy atom. The van der Waals surface area contributed by atoms with E-state index in [1.54, 1.807) is 0 Å². The normalized spacial score (nSPS) is 25.9. The predicted molar refractivity (Wildman–Crippen MR) is 68.5 cm³/mol. The van der Waals surface area contributed by atoms with E-state index in [-0.39, 0.29) is 31.6 Å². The van der Waals surface area contributed by atoms with E-state index < -0.39 is 23.3 Å². The molecule has 2 saturated carbocycles. The smallest absolute Gasteiger partial charge is 0.329 e. The Labute approximate surface area is 116 Å². The first-order valence-corrected chi connectivity index (χ1v) is 7.28. The third-order valence-electron chi connectivity index (χ3n) is 4.57. The van der Waals surface area contributed by atoms with Crippen LogP contribution in [0.5, 0.6) is 0 Å². The molecule has 2 aliphatic carbocycles. The molecule has 0 bridgehead atoms. The Morgan fingerprint density at radius 2 is 1.55 bits per heavy atom. The van der Waals surface area contributed by atoms with Crippen molar-refractivity contribution in [2.45, 2.75) is 69.2 Å². The van der Waals surface area contributed by atoms with Gasteiger partial charge in [-0.15, -0.1) is 0 Å². The van der Waals surface area contributed by atoms with Gasteiger partial charge in [0.2, 0.25) is 11.8 Å².